The molecule has 38 heavy (non-hydrogen) atoms. The molecule has 0 aliphatic carbocycles. The van der Waals surface area contributed by atoms with Crippen LogP contribution in [0.4, 0.5) is 4.79 Å². The minimum Gasteiger partial charge on any atom is -0.465 e. The molecule has 6 rings (SSSR count). The Morgan fingerprint density at radius 1 is 1.03 bits per heavy atom. The van der Waals surface area contributed by atoms with Gasteiger partial charge in [-0.15, -0.1) is 0 Å². The maximum Gasteiger partial charge on any atom is 0.407 e. The number of hydrogen-bond donors (Lipinski definition) is 2. The molecule has 3 fully saturated rings. The fourth-order valence-electron chi connectivity index (χ4n) is 7.54. The summed E-state index contributed by atoms with van der Waals surface area (Å²) < 4.78 is 2.43. The van der Waals surface area contributed by atoms with E-state index >= 15 is 0 Å². The number of fused-ring (bicyclic) bond motifs is 3. The molecule has 3 aromatic rings. The molecule has 4 heterocycles. The SMILES string of the molecule is CC[C@@](NC(=O)C1CN(C(=O)O)C1C)(c1ccccc1)N1[C@@H]2CC[C@H]1C[C@H](n1c(C)nc3ccccc31)C2. The van der Waals surface area contributed by atoms with E-state index in [9.17, 15) is 14.7 Å². The molecule has 3 saturated heterocycles. The third-order valence-corrected chi connectivity index (χ3v) is 9.43. The van der Waals surface area contributed by atoms with Crippen molar-refractivity contribution in [2.75, 3.05) is 6.54 Å². The number of benzene rings is 2. The van der Waals surface area contributed by atoms with E-state index in [0.29, 0.717) is 18.1 Å². The van der Waals surface area contributed by atoms with Crippen molar-refractivity contribution in [2.24, 2.45) is 5.92 Å². The molecule has 2 N–H and O–H groups in total. The number of likely N-dealkylation sites (tertiary alicyclic amines) is 1. The number of para-hydroxylation sites is 2. The monoisotopic (exact) mass is 515 g/mol. The molecule has 3 aliphatic heterocycles. The highest BCUT2D eigenvalue weighted by Crippen LogP contribution is 2.49. The zero-order valence-corrected chi connectivity index (χ0v) is 22.4. The fourth-order valence-corrected chi connectivity index (χ4v) is 7.54. The first-order chi connectivity index (χ1) is 18.3. The van der Waals surface area contributed by atoms with E-state index in [0.717, 1.165) is 49.0 Å². The van der Waals surface area contributed by atoms with Crippen LogP contribution in [0.25, 0.3) is 11.0 Å². The molecular weight excluding hydrogens is 478 g/mol. The standard InChI is InChI=1S/C30H37N5O3/c1-4-30(21-10-6-5-7-11-21,32-28(36)25-18-33(19(25)2)29(37)38)35-22-14-15-23(35)17-24(16-22)34-20(3)31-26-12-8-9-13-27(26)34/h5-13,19,22-25H,4,14-18H2,1-3H3,(H,32,36)(H,37,38)/t19?,22-,23+,24-,25?,30-/m0/s1. The van der Waals surface area contributed by atoms with Crippen LogP contribution in [0.5, 0.6) is 0 Å². The summed E-state index contributed by atoms with van der Waals surface area (Å²) in [5.41, 5.74) is 2.70. The molecule has 2 aromatic carbocycles. The Morgan fingerprint density at radius 3 is 2.32 bits per heavy atom. The first kappa shape index (κ1) is 24.9. The van der Waals surface area contributed by atoms with Gasteiger partial charge in [-0.05, 0) is 63.6 Å². The second-order valence-electron chi connectivity index (χ2n) is 11.3. The average Bonchev–Trinajstić information content (AvgIpc) is 3.38. The number of rotatable bonds is 6. The molecule has 2 bridgehead atoms. The Balaban J connectivity index is 1.32. The van der Waals surface area contributed by atoms with Gasteiger partial charge in [0.25, 0.3) is 0 Å². The van der Waals surface area contributed by atoms with Gasteiger partial charge in [-0.25, -0.2) is 9.78 Å². The van der Waals surface area contributed by atoms with E-state index in [1.807, 2.05) is 31.2 Å². The number of amides is 2. The molecule has 0 saturated carbocycles. The summed E-state index contributed by atoms with van der Waals surface area (Å²) >= 11 is 0. The number of piperidine rings is 1. The van der Waals surface area contributed by atoms with Crippen molar-refractivity contribution in [3.8, 4) is 0 Å². The Kier molecular flexibility index (Phi) is 6.17. The molecule has 0 radical (unpaired) electrons. The zero-order chi connectivity index (χ0) is 26.6. The predicted octanol–water partition coefficient (Wildman–Crippen LogP) is 4.89. The van der Waals surface area contributed by atoms with E-state index in [4.69, 9.17) is 4.98 Å². The van der Waals surface area contributed by atoms with Crippen LogP contribution in [-0.4, -0.2) is 61.1 Å². The maximum atomic E-state index is 13.7. The van der Waals surface area contributed by atoms with E-state index in [-0.39, 0.29) is 24.4 Å². The van der Waals surface area contributed by atoms with Crippen LogP contribution in [0.3, 0.4) is 0 Å². The van der Waals surface area contributed by atoms with Gasteiger partial charge < -0.3 is 19.9 Å². The van der Waals surface area contributed by atoms with Crippen molar-refractivity contribution in [3.63, 3.8) is 0 Å². The minimum atomic E-state index is -0.964. The van der Waals surface area contributed by atoms with Crippen LogP contribution >= 0.6 is 0 Å². The first-order valence-corrected chi connectivity index (χ1v) is 13.9. The highest BCUT2D eigenvalue weighted by atomic mass is 16.4. The third-order valence-electron chi connectivity index (χ3n) is 9.43. The molecule has 8 nitrogen and oxygen atoms in total. The maximum absolute atomic E-state index is 13.7. The number of nitrogens with zero attached hydrogens (tertiary/aromatic N) is 4. The average molecular weight is 516 g/mol. The fraction of sp³-hybridized carbons (Fsp3) is 0.500. The smallest absolute Gasteiger partial charge is 0.407 e. The lowest BCUT2D eigenvalue weighted by Gasteiger charge is -2.53. The molecule has 6 atom stereocenters. The number of nitrogens with one attached hydrogen (secondary N) is 1. The van der Waals surface area contributed by atoms with Gasteiger partial charge >= 0.3 is 6.09 Å². The number of aromatic nitrogens is 2. The van der Waals surface area contributed by atoms with Crippen molar-refractivity contribution >= 4 is 23.0 Å². The molecule has 0 spiro atoms. The largest absolute Gasteiger partial charge is 0.465 e. The van der Waals surface area contributed by atoms with Crippen LogP contribution in [0.1, 0.15) is 63.4 Å². The van der Waals surface area contributed by atoms with Crippen molar-refractivity contribution in [3.05, 3.63) is 66.0 Å². The lowest BCUT2D eigenvalue weighted by atomic mass is 9.84. The number of aryl methyl sites for hydroxylation is 1. The van der Waals surface area contributed by atoms with E-state index < -0.39 is 11.8 Å². The Morgan fingerprint density at radius 2 is 1.68 bits per heavy atom. The summed E-state index contributed by atoms with van der Waals surface area (Å²) in [6.45, 7) is 6.33. The van der Waals surface area contributed by atoms with Crippen molar-refractivity contribution in [1.82, 2.24) is 24.7 Å². The van der Waals surface area contributed by atoms with E-state index in [2.05, 4.69) is 59.0 Å². The van der Waals surface area contributed by atoms with Crippen LogP contribution < -0.4 is 5.32 Å². The summed E-state index contributed by atoms with van der Waals surface area (Å²) in [6, 6.07) is 19.4. The van der Waals surface area contributed by atoms with Gasteiger partial charge in [0, 0.05) is 30.7 Å². The molecule has 1 aromatic heterocycles. The van der Waals surface area contributed by atoms with Crippen LogP contribution in [0.15, 0.2) is 54.6 Å². The van der Waals surface area contributed by atoms with Gasteiger partial charge in [-0.2, -0.15) is 0 Å². The van der Waals surface area contributed by atoms with Gasteiger partial charge in [0.1, 0.15) is 11.5 Å². The molecule has 2 amide bonds. The number of carbonyl (C=O) groups is 2. The molecule has 200 valence electrons. The summed E-state index contributed by atoms with van der Waals surface area (Å²) in [5.74, 6) is 0.665. The number of imidazole rings is 1. The normalized spacial score (nSPS) is 28.6. The summed E-state index contributed by atoms with van der Waals surface area (Å²) in [5, 5.41) is 12.9. The van der Waals surface area contributed by atoms with Gasteiger partial charge in [-0.1, -0.05) is 49.4 Å². The summed E-state index contributed by atoms with van der Waals surface area (Å²) in [4.78, 5) is 34.0. The first-order valence-electron chi connectivity index (χ1n) is 13.9. The lowest BCUT2D eigenvalue weighted by molar-refractivity contribution is -0.140. The van der Waals surface area contributed by atoms with E-state index in [1.54, 1.807) is 0 Å². The highest BCUT2D eigenvalue weighted by Gasteiger charge is 2.54. The highest BCUT2D eigenvalue weighted by molar-refractivity contribution is 5.84. The van der Waals surface area contributed by atoms with Crippen molar-refractivity contribution < 1.29 is 14.7 Å². The van der Waals surface area contributed by atoms with Gasteiger partial charge in [0.15, 0.2) is 0 Å². The van der Waals surface area contributed by atoms with Crippen molar-refractivity contribution in [1.29, 1.82) is 0 Å². The number of carbonyl (C=O) groups excluding carboxylic acids is 1. The molecular formula is C30H37N5O3. The zero-order valence-electron chi connectivity index (χ0n) is 22.4. The quantitative estimate of drug-likeness (QED) is 0.488. The number of carboxylic acid groups (broad SMARTS) is 1. The molecule has 8 heteroatoms. The molecule has 3 aliphatic rings. The van der Waals surface area contributed by atoms with E-state index in [1.165, 1.54) is 10.4 Å². The third kappa shape index (κ3) is 3.80. The number of hydrogen-bond acceptors (Lipinski definition) is 4. The summed E-state index contributed by atoms with van der Waals surface area (Å²) in [6.07, 6.45) is 3.99. The Bertz CT molecular complexity index is 1340. The Hall–Kier alpha value is -3.39. The van der Waals surface area contributed by atoms with Crippen LogP contribution in [-0.2, 0) is 10.5 Å². The van der Waals surface area contributed by atoms with Crippen molar-refractivity contribution in [2.45, 2.75) is 82.7 Å². The lowest BCUT2D eigenvalue weighted by Crippen LogP contribution is -2.68. The second-order valence-corrected chi connectivity index (χ2v) is 11.3. The topological polar surface area (TPSA) is 90.7 Å². The van der Waals surface area contributed by atoms with Gasteiger partial charge in [0.05, 0.1) is 17.0 Å². The second kappa shape index (κ2) is 9.42. The predicted molar refractivity (Wildman–Crippen MR) is 146 cm³/mol. The summed E-state index contributed by atoms with van der Waals surface area (Å²) in [7, 11) is 0. The van der Waals surface area contributed by atoms with Gasteiger partial charge in [-0.3, -0.25) is 9.69 Å². The van der Waals surface area contributed by atoms with Crippen LogP contribution in [0, 0.1) is 12.8 Å². The van der Waals surface area contributed by atoms with Crippen LogP contribution in [0.2, 0.25) is 0 Å². The molecule has 2 unspecified atom stereocenters. The minimum absolute atomic E-state index is 0.0568. The van der Waals surface area contributed by atoms with Gasteiger partial charge in [0.2, 0.25) is 5.91 Å². The Labute approximate surface area is 223 Å².